The summed E-state index contributed by atoms with van der Waals surface area (Å²) in [6, 6.07) is 10.4. The van der Waals surface area contributed by atoms with Crippen molar-refractivity contribution in [2.45, 2.75) is 12.6 Å². The van der Waals surface area contributed by atoms with Crippen molar-refractivity contribution in [2.75, 3.05) is 28.6 Å². The third kappa shape index (κ3) is 4.74. The number of anilines is 3. The van der Waals surface area contributed by atoms with E-state index < -0.39 is 23.8 Å². The van der Waals surface area contributed by atoms with Crippen LogP contribution in [-0.4, -0.2) is 30.3 Å². The van der Waals surface area contributed by atoms with Crippen LogP contribution < -0.4 is 15.5 Å². The van der Waals surface area contributed by atoms with E-state index in [0.29, 0.717) is 23.7 Å². The van der Waals surface area contributed by atoms with Gasteiger partial charge in [-0.3, -0.25) is 0 Å². The number of hydrogen-bond donors (Lipinski definition) is 2. The number of carbonyl (C=O) groups excluding carboxylic acids is 1. The Morgan fingerprint density at radius 3 is 2.68 bits per heavy atom. The summed E-state index contributed by atoms with van der Waals surface area (Å²) in [6.45, 7) is 0.473. The first-order valence-corrected chi connectivity index (χ1v) is 9.95. The van der Waals surface area contributed by atoms with Crippen molar-refractivity contribution in [3.63, 3.8) is 0 Å². The first-order valence-electron chi connectivity index (χ1n) is 9.58. The second kappa shape index (κ2) is 8.85. The van der Waals surface area contributed by atoms with E-state index in [1.54, 1.807) is 29.2 Å². The van der Waals surface area contributed by atoms with Crippen molar-refractivity contribution in [1.29, 1.82) is 0 Å². The molecule has 0 bridgehead atoms. The van der Waals surface area contributed by atoms with E-state index in [1.165, 1.54) is 12.3 Å². The number of nitrogens with one attached hydrogen (secondary N) is 2. The van der Waals surface area contributed by atoms with E-state index in [1.807, 2.05) is 0 Å². The third-order valence-corrected chi connectivity index (χ3v) is 5.14. The highest BCUT2D eigenvalue weighted by molar-refractivity contribution is 6.30. The van der Waals surface area contributed by atoms with Gasteiger partial charge in [0, 0.05) is 34.6 Å². The van der Waals surface area contributed by atoms with Crippen LogP contribution in [0.3, 0.4) is 0 Å². The molecule has 0 saturated carbocycles. The molecule has 1 aliphatic heterocycles. The van der Waals surface area contributed by atoms with Crippen LogP contribution in [0.15, 0.2) is 54.7 Å². The molecule has 2 N–H and O–H groups in total. The Morgan fingerprint density at radius 1 is 1.10 bits per heavy atom. The number of alkyl halides is 1. The van der Waals surface area contributed by atoms with Gasteiger partial charge in [-0.05, 0) is 48.9 Å². The maximum absolute atomic E-state index is 14.5. The molecule has 1 saturated heterocycles. The molecule has 4 rings (SSSR count). The maximum atomic E-state index is 14.5. The molecule has 9 heteroatoms. The quantitative estimate of drug-likeness (QED) is 0.526. The van der Waals surface area contributed by atoms with Crippen molar-refractivity contribution < 1.29 is 18.0 Å². The van der Waals surface area contributed by atoms with Crippen molar-refractivity contribution in [3.05, 3.63) is 71.4 Å². The van der Waals surface area contributed by atoms with Gasteiger partial charge in [-0.2, -0.15) is 0 Å². The summed E-state index contributed by atoms with van der Waals surface area (Å²) in [6.07, 6.45) is 0.694. The monoisotopic (exact) mass is 446 g/mol. The number of benzene rings is 2. The largest absolute Gasteiger partial charge is 0.352 e. The van der Waals surface area contributed by atoms with Crippen LogP contribution in [0.1, 0.15) is 6.42 Å². The van der Waals surface area contributed by atoms with Gasteiger partial charge < -0.3 is 15.5 Å². The van der Waals surface area contributed by atoms with Crippen LogP contribution >= 0.6 is 11.6 Å². The lowest BCUT2D eigenvalue weighted by Gasteiger charge is -2.23. The van der Waals surface area contributed by atoms with E-state index in [4.69, 9.17) is 11.6 Å². The Balaban J connectivity index is 1.74. The number of aromatic nitrogens is 1. The standard InChI is InChI=1S/C22H18ClF3N4O/c23-13-2-1-3-16(10-13)28-22(31)29-20-17(18-11-14(24)4-5-19(18)26)6-8-27-21(20)30-9-7-15(25)12-30/h1-6,8,10-11,15H,7,9,12H2,(H2,28,29,31)/t15-/m0/s1. The van der Waals surface area contributed by atoms with E-state index in [-0.39, 0.29) is 29.2 Å². The predicted molar refractivity (Wildman–Crippen MR) is 115 cm³/mol. The molecule has 2 heterocycles. The molecule has 0 unspecified atom stereocenters. The fourth-order valence-corrected chi connectivity index (χ4v) is 3.68. The molecule has 1 atom stereocenters. The number of hydrogen-bond acceptors (Lipinski definition) is 3. The Kier molecular flexibility index (Phi) is 5.99. The summed E-state index contributed by atoms with van der Waals surface area (Å²) < 4.78 is 42.2. The average molecular weight is 447 g/mol. The molecule has 1 aromatic heterocycles. The zero-order valence-corrected chi connectivity index (χ0v) is 17.0. The molecule has 5 nitrogen and oxygen atoms in total. The summed E-state index contributed by atoms with van der Waals surface area (Å²) in [4.78, 5) is 18.7. The molecule has 0 spiro atoms. The molecule has 31 heavy (non-hydrogen) atoms. The molecule has 1 aliphatic rings. The highest BCUT2D eigenvalue weighted by Gasteiger charge is 2.27. The Morgan fingerprint density at radius 2 is 1.94 bits per heavy atom. The number of halogens is 4. The van der Waals surface area contributed by atoms with Crippen LogP contribution in [0.25, 0.3) is 11.1 Å². The minimum atomic E-state index is -1.04. The summed E-state index contributed by atoms with van der Waals surface area (Å²) >= 11 is 5.95. The number of rotatable bonds is 4. The number of pyridine rings is 1. The van der Waals surface area contributed by atoms with E-state index in [2.05, 4.69) is 15.6 Å². The summed E-state index contributed by atoms with van der Waals surface area (Å²) in [5.41, 5.74) is 0.780. The molecule has 1 fully saturated rings. The van der Waals surface area contributed by atoms with Gasteiger partial charge in [0.1, 0.15) is 17.8 Å². The smallest absolute Gasteiger partial charge is 0.323 e. The highest BCUT2D eigenvalue weighted by Crippen LogP contribution is 2.38. The van der Waals surface area contributed by atoms with E-state index in [9.17, 15) is 18.0 Å². The van der Waals surface area contributed by atoms with Gasteiger partial charge in [-0.1, -0.05) is 17.7 Å². The van der Waals surface area contributed by atoms with E-state index in [0.717, 1.165) is 18.2 Å². The summed E-state index contributed by atoms with van der Waals surface area (Å²) in [5.74, 6) is -1.02. The topological polar surface area (TPSA) is 57.3 Å². The minimum Gasteiger partial charge on any atom is -0.352 e. The van der Waals surface area contributed by atoms with Gasteiger partial charge in [-0.15, -0.1) is 0 Å². The number of urea groups is 1. The zero-order chi connectivity index (χ0) is 22.0. The van der Waals surface area contributed by atoms with Gasteiger partial charge in [0.2, 0.25) is 0 Å². The molecule has 2 aromatic carbocycles. The lowest BCUT2D eigenvalue weighted by Crippen LogP contribution is -2.26. The van der Waals surface area contributed by atoms with Crippen LogP contribution in [0.2, 0.25) is 5.02 Å². The lowest BCUT2D eigenvalue weighted by molar-refractivity contribution is 0.262. The molecule has 3 aromatic rings. The molecular formula is C22H18ClF3N4O. The van der Waals surface area contributed by atoms with E-state index >= 15 is 0 Å². The number of carbonyl (C=O) groups is 1. The number of nitrogens with zero attached hydrogens (tertiary/aromatic N) is 2. The fourth-order valence-electron chi connectivity index (χ4n) is 3.49. The van der Waals surface area contributed by atoms with Crippen LogP contribution in [-0.2, 0) is 0 Å². The first-order chi connectivity index (χ1) is 14.9. The molecule has 160 valence electrons. The normalized spacial score (nSPS) is 15.7. The number of amides is 2. The van der Waals surface area contributed by atoms with Gasteiger partial charge in [0.15, 0.2) is 5.82 Å². The summed E-state index contributed by atoms with van der Waals surface area (Å²) in [7, 11) is 0. The van der Waals surface area contributed by atoms with Crippen LogP contribution in [0.5, 0.6) is 0 Å². The van der Waals surface area contributed by atoms with Gasteiger partial charge in [0.25, 0.3) is 0 Å². The summed E-state index contributed by atoms with van der Waals surface area (Å²) in [5, 5.41) is 5.75. The van der Waals surface area contributed by atoms with Crippen molar-refractivity contribution >= 4 is 34.8 Å². The Labute approximate surface area is 181 Å². The van der Waals surface area contributed by atoms with Crippen molar-refractivity contribution in [3.8, 4) is 11.1 Å². The molecular weight excluding hydrogens is 429 g/mol. The predicted octanol–water partition coefficient (Wildman–Crippen LogP) is 5.87. The van der Waals surface area contributed by atoms with Crippen molar-refractivity contribution in [2.24, 2.45) is 0 Å². The van der Waals surface area contributed by atoms with Crippen molar-refractivity contribution in [1.82, 2.24) is 4.98 Å². The first kappa shape index (κ1) is 21.0. The molecule has 2 amide bonds. The van der Waals surface area contributed by atoms with Gasteiger partial charge in [-0.25, -0.2) is 22.9 Å². The maximum Gasteiger partial charge on any atom is 0.323 e. The molecule has 0 radical (unpaired) electrons. The second-order valence-electron chi connectivity index (χ2n) is 7.10. The van der Waals surface area contributed by atoms with Gasteiger partial charge in [0.05, 0.1) is 12.2 Å². The zero-order valence-electron chi connectivity index (χ0n) is 16.2. The lowest BCUT2D eigenvalue weighted by atomic mass is 10.0. The third-order valence-electron chi connectivity index (χ3n) is 4.90. The molecule has 0 aliphatic carbocycles. The highest BCUT2D eigenvalue weighted by atomic mass is 35.5. The Bertz CT molecular complexity index is 1130. The average Bonchev–Trinajstić information content (AvgIpc) is 3.16. The Hall–Kier alpha value is -3.26. The fraction of sp³-hybridized carbons (Fsp3) is 0.182. The SMILES string of the molecule is O=C(Nc1cccc(Cl)c1)Nc1c(-c2cc(F)ccc2F)ccnc1N1CC[C@H](F)C1. The second-order valence-corrected chi connectivity index (χ2v) is 7.54. The van der Waals surface area contributed by atoms with Crippen LogP contribution in [0.4, 0.5) is 35.2 Å². The van der Waals surface area contributed by atoms with Crippen LogP contribution in [0, 0.1) is 11.6 Å². The van der Waals surface area contributed by atoms with Gasteiger partial charge >= 0.3 is 6.03 Å². The minimum absolute atomic E-state index is 0.0438.